The highest BCUT2D eigenvalue weighted by Gasteiger charge is 2.18. The Hall–Kier alpha value is -2.83. The van der Waals surface area contributed by atoms with Gasteiger partial charge in [0.1, 0.15) is 5.82 Å². The molecule has 0 spiro atoms. The van der Waals surface area contributed by atoms with Crippen molar-refractivity contribution >= 4 is 17.6 Å². The van der Waals surface area contributed by atoms with Crippen molar-refractivity contribution in [3.05, 3.63) is 65.5 Å². The van der Waals surface area contributed by atoms with Gasteiger partial charge >= 0.3 is 5.97 Å². The van der Waals surface area contributed by atoms with Crippen molar-refractivity contribution in [3.8, 4) is 0 Å². The normalized spacial score (nSPS) is 11.7. The van der Waals surface area contributed by atoms with E-state index in [-0.39, 0.29) is 12.1 Å². The first kappa shape index (κ1) is 17.5. The first-order valence-corrected chi connectivity index (χ1v) is 7.05. The molecule has 0 heterocycles. The van der Waals surface area contributed by atoms with Crippen molar-refractivity contribution in [2.45, 2.75) is 19.4 Å². The molecule has 7 heteroatoms. The van der Waals surface area contributed by atoms with Crippen LogP contribution in [-0.4, -0.2) is 18.0 Å². The Kier molecular flexibility index (Phi) is 5.57. The number of nitrogens with one attached hydrogen (secondary N) is 1. The average Bonchev–Trinajstić information content (AvgIpc) is 2.50. The minimum absolute atomic E-state index is 0.0342. The number of benzene rings is 2. The standard InChI is InChI=1S/C17H14F3NO3/c1-10(17(23)21-13-5-6-14(19)15(20)9-13)24-16(22)8-11-3-2-4-12(18)7-11/h2-7,9-10H,8H2,1H3,(H,21,23)/t10-/m1/s1. The second kappa shape index (κ2) is 7.63. The Labute approximate surface area is 136 Å². The Morgan fingerprint density at radius 3 is 2.50 bits per heavy atom. The zero-order chi connectivity index (χ0) is 17.7. The van der Waals surface area contributed by atoms with E-state index >= 15 is 0 Å². The van der Waals surface area contributed by atoms with Crippen LogP contribution >= 0.6 is 0 Å². The quantitative estimate of drug-likeness (QED) is 0.853. The predicted octanol–water partition coefficient (Wildman–Crippen LogP) is 3.22. The first-order chi connectivity index (χ1) is 11.3. The third-order valence-electron chi connectivity index (χ3n) is 3.10. The highest BCUT2D eigenvalue weighted by Crippen LogP contribution is 2.14. The Balaban J connectivity index is 1.90. The Bertz CT molecular complexity index is 764. The molecular formula is C17H14F3NO3. The first-order valence-electron chi connectivity index (χ1n) is 7.05. The number of hydrogen-bond donors (Lipinski definition) is 1. The Morgan fingerprint density at radius 1 is 1.08 bits per heavy atom. The number of hydrogen-bond acceptors (Lipinski definition) is 3. The number of amides is 1. The van der Waals surface area contributed by atoms with Gasteiger partial charge in [-0.25, -0.2) is 13.2 Å². The summed E-state index contributed by atoms with van der Waals surface area (Å²) in [5.41, 5.74) is 0.445. The topological polar surface area (TPSA) is 55.4 Å². The van der Waals surface area contributed by atoms with Crippen LogP contribution in [0.2, 0.25) is 0 Å². The van der Waals surface area contributed by atoms with Gasteiger partial charge in [0.25, 0.3) is 5.91 Å². The lowest BCUT2D eigenvalue weighted by Gasteiger charge is -2.13. The zero-order valence-electron chi connectivity index (χ0n) is 12.7. The van der Waals surface area contributed by atoms with Crippen molar-refractivity contribution in [2.75, 3.05) is 5.32 Å². The molecule has 1 atom stereocenters. The zero-order valence-corrected chi connectivity index (χ0v) is 12.7. The van der Waals surface area contributed by atoms with E-state index in [9.17, 15) is 22.8 Å². The van der Waals surface area contributed by atoms with Crippen molar-refractivity contribution in [2.24, 2.45) is 0 Å². The van der Waals surface area contributed by atoms with Gasteiger partial charge in [0, 0.05) is 11.8 Å². The van der Waals surface area contributed by atoms with E-state index in [1.807, 2.05) is 0 Å². The summed E-state index contributed by atoms with van der Waals surface area (Å²) >= 11 is 0. The maximum Gasteiger partial charge on any atom is 0.311 e. The van der Waals surface area contributed by atoms with Crippen LogP contribution < -0.4 is 5.32 Å². The van der Waals surface area contributed by atoms with Gasteiger partial charge in [-0.1, -0.05) is 12.1 Å². The van der Waals surface area contributed by atoms with Crippen molar-refractivity contribution in [1.82, 2.24) is 0 Å². The Morgan fingerprint density at radius 2 is 1.83 bits per heavy atom. The van der Waals surface area contributed by atoms with Gasteiger partial charge in [-0.15, -0.1) is 0 Å². The summed E-state index contributed by atoms with van der Waals surface area (Å²) in [6.07, 6.45) is -1.35. The lowest BCUT2D eigenvalue weighted by Crippen LogP contribution is -2.30. The average molecular weight is 337 g/mol. The SMILES string of the molecule is C[C@@H](OC(=O)Cc1cccc(F)c1)C(=O)Nc1ccc(F)c(F)c1. The molecule has 1 N–H and O–H groups in total. The third kappa shape index (κ3) is 4.84. The fraction of sp³-hybridized carbons (Fsp3) is 0.176. The maximum atomic E-state index is 13.1. The summed E-state index contributed by atoms with van der Waals surface area (Å²) < 4.78 is 43.9. The maximum absolute atomic E-state index is 13.1. The number of anilines is 1. The molecule has 0 radical (unpaired) electrons. The fourth-order valence-electron chi connectivity index (χ4n) is 1.92. The van der Waals surface area contributed by atoms with Crippen molar-refractivity contribution in [1.29, 1.82) is 0 Å². The van der Waals surface area contributed by atoms with E-state index < -0.39 is 35.4 Å². The second-order valence-electron chi connectivity index (χ2n) is 5.06. The minimum Gasteiger partial charge on any atom is -0.452 e. The molecule has 24 heavy (non-hydrogen) atoms. The van der Waals surface area contributed by atoms with Crippen molar-refractivity contribution in [3.63, 3.8) is 0 Å². The molecule has 2 aromatic carbocycles. The molecule has 0 saturated carbocycles. The molecule has 126 valence electrons. The van der Waals surface area contributed by atoms with E-state index in [2.05, 4.69) is 5.32 Å². The monoisotopic (exact) mass is 337 g/mol. The smallest absolute Gasteiger partial charge is 0.311 e. The van der Waals surface area contributed by atoms with Crippen LogP contribution in [0.5, 0.6) is 0 Å². The van der Waals surface area contributed by atoms with Crippen LogP contribution in [0.25, 0.3) is 0 Å². The van der Waals surface area contributed by atoms with Gasteiger partial charge in [0.2, 0.25) is 0 Å². The minimum atomic E-state index is -1.15. The van der Waals surface area contributed by atoms with Crippen LogP contribution in [0.4, 0.5) is 18.9 Å². The van der Waals surface area contributed by atoms with E-state index in [4.69, 9.17) is 4.74 Å². The van der Waals surface area contributed by atoms with Gasteiger partial charge in [0.05, 0.1) is 6.42 Å². The summed E-state index contributed by atoms with van der Waals surface area (Å²) in [7, 11) is 0. The highest BCUT2D eigenvalue weighted by molar-refractivity contribution is 5.95. The molecule has 0 aliphatic rings. The summed E-state index contributed by atoms with van der Waals surface area (Å²) in [6.45, 7) is 1.33. The van der Waals surface area contributed by atoms with Crippen LogP contribution in [0.1, 0.15) is 12.5 Å². The predicted molar refractivity (Wildman–Crippen MR) is 80.6 cm³/mol. The number of rotatable bonds is 5. The van der Waals surface area contributed by atoms with Crippen LogP contribution in [0, 0.1) is 17.5 Å². The second-order valence-corrected chi connectivity index (χ2v) is 5.06. The number of halogens is 3. The third-order valence-corrected chi connectivity index (χ3v) is 3.10. The number of ether oxygens (including phenoxy) is 1. The number of carbonyl (C=O) groups excluding carboxylic acids is 2. The van der Waals surface area contributed by atoms with Crippen LogP contribution in [-0.2, 0) is 20.7 Å². The van der Waals surface area contributed by atoms with Crippen LogP contribution in [0.15, 0.2) is 42.5 Å². The van der Waals surface area contributed by atoms with Gasteiger partial charge in [0.15, 0.2) is 17.7 Å². The molecule has 0 fully saturated rings. The van der Waals surface area contributed by atoms with E-state index in [1.54, 1.807) is 6.07 Å². The van der Waals surface area contributed by atoms with E-state index in [1.165, 1.54) is 31.2 Å². The lowest BCUT2D eigenvalue weighted by atomic mass is 10.1. The molecular weight excluding hydrogens is 323 g/mol. The molecule has 4 nitrogen and oxygen atoms in total. The number of esters is 1. The summed E-state index contributed by atoms with van der Waals surface area (Å²) in [5.74, 6) is -4.04. The van der Waals surface area contributed by atoms with E-state index in [0.717, 1.165) is 12.1 Å². The largest absolute Gasteiger partial charge is 0.452 e. The summed E-state index contributed by atoms with van der Waals surface area (Å²) in [5, 5.41) is 2.31. The van der Waals surface area contributed by atoms with Gasteiger partial charge in [-0.2, -0.15) is 0 Å². The van der Waals surface area contributed by atoms with Gasteiger partial charge in [-0.05, 0) is 36.8 Å². The molecule has 2 rings (SSSR count). The highest BCUT2D eigenvalue weighted by atomic mass is 19.2. The molecule has 0 unspecified atom stereocenters. The van der Waals surface area contributed by atoms with Crippen LogP contribution in [0.3, 0.4) is 0 Å². The molecule has 0 aliphatic carbocycles. The molecule has 0 aromatic heterocycles. The van der Waals surface area contributed by atoms with Gasteiger partial charge < -0.3 is 10.1 Å². The van der Waals surface area contributed by atoms with E-state index in [0.29, 0.717) is 5.56 Å². The molecule has 0 bridgehead atoms. The number of carbonyl (C=O) groups is 2. The summed E-state index contributed by atoms with van der Waals surface area (Å²) in [4.78, 5) is 23.6. The fourth-order valence-corrected chi connectivity index (χ4v) is 1.92. The molecule has 0 saturated heterocycles. The van der Waals surface area contributed by atoms with Crippen molar-refractivity contribution < 1.29 is 27.5 Å². The molecule has 1 amide bonds. The molecule has 2 aromatic rings. The lowest BCUT2D eigenvalue weighted by molar-refractivity contribution is -0.152. The summed E-state index contributed by atoms with van der Waals surface area (Å²) in [6, 6.07) is 8.30. The molecule has 0 aliphatic heterocycles. The van der Waals surface area contributed by atoms with Gasteiger partial charge in [-0.3, -0.25) is 9.59 Å².